The molecule has 0 unspecified atom stereocenters. The van der Waals surface area contributed by atoms with Crippen LogP contribution in [0.4, 0.5) is 4.39 Å². The van der Waals surface area contributed by atoms with Gasteiger partial charge in [0.25, 0.3) is 0 Å². The lowest BCUT2D eigenvalue weighted by Crippen LogP contribution is -2.27. The van der Waals surface area contributed by atoms with E-state index in [1.807, 2.05) is 6.92 Å². The minimum Gasteiger partial charge on any atom is -0.508 e. The minimum absolute atomic E-state index is 0.0689. The normalized spacial score (nSPS) is 14.9. The summed E-state index contributed by atoms with van der Waals surface area (Å²) in [7, 11) is 0. The van der Waals surface area contributed by atoms with Crippen molar-refractivity contribution in [1.82, 2.24) is 5.32 Å². The standard InChI is InChI=1S/C11H16FNO2/c1-7(14)6-13-8(2)10-4-3-9(12)5-11(10)15/h3-5,7-8,13-15H,6H2,1-2H3/t7-,8+/m0/s1. The van der Waals surface area contributed by atoms with E-state index in [4.69, 9.17) is 5.11 Å². The van der Waals surface area contributed by atoms with Gasteiger partial charge in [-0.3, -0.25) is 0 Å². The molecule has 84 valence electrons. The number of aromatic hydroxyl groups is 1. The largest absolute Gasteiger partial charge is 0.508 e. The number of halogens is 1. The smallest absolute Gasteiger partial charge is 0.126 e. The van der Waals surface area contributed by atoms with Crippen LogP contribution >= 0.6 is 0 Å². The lowest BCUT2D eigenvalue weighted by Gasteiger charge is -2.16. The van der Waals surface area contributed by atoms with Crippen molar-refractivity contribution in [1.29, 1.82) is 0 Å². The summed E-state index contributed by atoms with van der Waals surface area (Å²) >= 11 is 0. The summed E-state index contributed by atoms with van der Waals surface area (Å²) in [4.78, 5) is 0. The van der Waals surface area contributed by atoms with Crippen molar-refractivity contribution in [2.45, 2.75) is 26.0 Å². The maximum absolute atomic E-state index is 12.7. The number of benzene rings is 1. The molecule has 0 heterocycles. The number of aliphatic hydroxyl groups excluding tert-OH is 1. The van der Waals surface area contributed by atoms with Crippen molar-refractivity contribution in [2.75, 3.05) is 6.54 Å². The zero-order valence-electron chi connectivity index (χ0n) is 8.87. The number of hydrogen-bond acceptors (Lipinski definition) is 3. The third kappa shape index (κ3) is 3.49. The van der Waals surface area contributed by atoms with E-state index in [1.165, 1.54) is 12.1 Å². The third-order valence-corrected chi connectivity index (χ3v) is 2.18. The van der Waals surface area contributed by atoms with E-state index >= 15 is 0 Å². The Morgan fingerprint density at radius 1 is 1.40 bits per heavy atom. The first-order valence-electron chi connectivity index (χ1n) is 4.90. The zero-order chi connectivity index (χ0) is 11.4. The van der Waals surface area contributed by atoms with Crippen molar-refractivity contribution in [3.05, 3.63) is 29.6 Å². The van der Waals surface area contributed by atoms with E-state index in [-0.39, 0.29) is 11.8 Å². The average molecular weight is 213 g/mol. The predicted octanol–water partition coefficient (Wildman–Crippen LogP) is 1.56. The van der Waals surface area contributed by atoms with Gasteiger partial charge in [-0.25, -0.2) is 4.39 Å². The topological polar surface area (TPSA) is 52.5 Å². The molecule has 0 amide bonds. The Balaban J connectivity index is 2.69. The number of phenols is 1. The van der Waals surface area contributed by atoms with Gasteiger partial charge in [0.1, 0.15) is 11.6 Å². The predicted molar refractivity (Wildman–Crippen MR) is 56.2 cm³/mol. The Morgan fingerprint density at radius 3 is 2.60 bits per heavy atom. The number of aliphatic hydroxyl groups is 1. The quantitative estimate of drug-likeness (QED) is 0.711. The molecule has 0 aliphatic heterocycles. The fraction of sp³-hybridized carbons (Fsp3) is 0.455. The van der Waals surface area contributed by atoms with Crippen molar-refractivity contribution in [3.63, 3.8) is 0 Å². The number of hydrogen-bond donors (Lipinski definition) is 3. The van der Waals surface area contributed by atoms with Crippen LogP contribution in [0, 0.1) is 5.82 Å². The van der Waals surface area contributed by atoms with Gasteiger partial charge < -0.3 is 15.5 Å². The highest BCUT2D eigenvalue weighted by Gasteiger charge is 2.10. The van der Waals surface area contributed by atoms with Gasteiger partial charge in [-0.05, 0) is 19.9 Å². The zero-order valence-corrected chi connectivity index (χ0v) is 8.87. The Hall–Kier alpha value is -1.13. The molecular weight excluding hydrogens is 197 g/mol. The first-order valence-corrected chi connectivity index (χ1v) is 4.90. The fourth-order valence-electron chi connectivity index (χ4n) is 1.34. The van der Waals surface area contributed by atoms with Crippen LogP contribution in [0.25, 0.3) is 0 Å². The van der Waals surface area contributed by atoms with Gasteiger partial charge >= 0.3 is 0 Å². The molecule has 0 bridgehead atoms. The van der Waals surface area contributed by atoms with Gasteiger partial charge in [-0.1, -0.05) is 6.07 Å². The highest BCUT2D eigenvalue weighted by atomic mass is 19.1. The molecule has 1 aromatic carbocycles. The van der Waals surface area contributed by atoms with E-state index in [1.54, 1.807) is 6.92 Å². The molecule has 0 fully saturated rings. The van der Waals surface area contributed by atoms with Crippen molar-refractivity contribution in [2.24, 2.45) is 0 Å². The molecule has 0 saturated carbocycles. The van der Waals surface area contributed by atoms with E-state index in [2.05, 4.69) is 5.32 Å². The fourth-order valence-corrected chi connectivity index (χ4v) is 1.34. The van der Waals surface area contributed by atoms with Crippen LogP contribution in [0.3, 0.4) is 0 Å². The van der Waals surface area contributed by atoms with Crippen molar-refractivity contribution >= 4 is 0 Å². The highest BCUT2D eigenvalue weighted by molar-refractivity contribution is 5.34. The van der Waals surface area contributed by atoms with Gasteiger partial charge in [0, 0.05) is 24.2 Å². The number of rotatable bonds is 4. The Labute approximate surface area is 88.6 Å². The SMILES string of the molecule is C[C@H](O)CN[C@H](C)c1ccc(F)cc1O. The average Bonchev–Trinajstić information content (AvgIpc) is 2.14. The van der Waals surface area contributed by atoms with E-state index in [0.717, 1.165) is 6.07 Å². The van der Waals surface area contributed by atoms with Crippen molar-refractivity contribution < 1.29 is 14.6 Å². The summed E-state index contributed by atoms with van der Waals surface area (Å²) in [5, 5.41) is 21.6. The van der Waals surface area contributed by atoms with Crippen molar-refractivity contribution in [3.8, 4) is 5.75 Å². The van der Waals surface area contributed by atoms with Gasteiger partial charge in [-0.15, -0.1) is 0 Å². The summed E-state index contributed by atoms with van der Waals surface area (Å²) in [6.07, 6.45) is -0.449. The summed E-state index contributed by atoms with van der Waals surface area (Å²) in [5.74, 6) is -0.528. The summed E-state index contributed by atoms with van der Waals surface area (Å²) in [6.45, 7) is 3.94. The minimum atomic E-state index is -0.459. The molecule has 0 saturated heterocycles. The first-order chi connectivity index (χ1) is 7.00. The third-order valence-electron chi connectivity index (χ3n) is 2.18. The summed E-state index contributed by atoms with van der Waals surface area (Å²) in [6, 6.07) is 3.79. The molecule has 1 rings (SSSR count). The molecular formula is C11H16FNO2. The van der Waals surface area contributed by atoms with Crippen LogP contribution in [0.15, 0.2) is 18.2 Å². The van der Waals surface area contributed by atoms with Crippen LogP contribution in [0.1, 0.15) is 25.5 Å². The second-order valence-electron chi connectivity index (χ2n) is 3.68. The first kappa shape index (κ1) is 11.9. The highest BCUT2D eigenvalue weighted by Crippen LogP contribution is 2.24. The molecule has 15 heavy (non-hydrogen) atoms. The Kier molecular flexibility index (Phi) is 4.05. The Morgan fingerprint density at radius 2 is 2.07 bits per heavy atom. The maximum Gasteiger partial charge on any atom is 0.126 e. The van der Waals surface area contributed by atoms with Crippen LogP contribution in [-0.2, 0) is 0 Å². The van der Waals surface area contributed by atoms with Crippen LogP contribution < -0.4 is 5.32 Å². The molecule has 3 N–H and O–H groups in total. The summed E-state index contributed by atoms with van der Waals surface area (Å²) < 4.78 is 12.7. The second-order valence-corrected chi connectivity index (χ2v) is 3.68. The number of phenolic OH excluding ortho intramolecular Hbond substituents is 1. The van der Waals surface area contributed by atoms with E-state index in [9.17, 15) is 9.50 Å². The van der Waals surface area contributed by atoms with E-state index < -0.39 is 11.9 Å². The molecule has 0 radical (unpaired) electrons. The summed E-state index contributed by atoms with van der Waals surface area (Å²) in [5.41, 5.74) is 0.622. The molecule has 0 aliphatic rings. The lowest BCUT2D eigenvalue weighted by atomic mass is 10.1. The molecule has 0 spiro atoms. The maximum atomic E-state index is 12.7. The van der Waals surface area contributed by atoms with Crippen LogP contribution in [0.5, 0.6) is 5.75 Å². The second kappa shape index (κ2) is 5.09. The molecule has 2 atom stereocenters. The van der Waals surface area contributed by atoms with Crippen LogP contribution in [-0.4, -0.2) is 22.9 Å². The molecule has 4 heteroatoms. The van der Waals surface area contributed by atoms with Gasteiger partial charge in [-0.2, -0.15) is 0 Å². The van der Waals surface area contributed by atoms with Gasteiger partial charge in [0.05, 0.1) is 6.10 Å². The number of nitrogens with one attached hydrogen (secondary N) is 1. The van der Waals surface area contributed by atoms with Crippen LogP contribution in [0.2, 0.25) is 0 Å². The molecule has 1 aromatic rings. The Bertz CT molecular complexity index is 328. The molecule has 0 aromatic heterocycles. The van der Waals surface area contributed by atoms with Gasteiger partial charge in [0.15, 0.2) is 0 Å². The molecule has 0 aliphatic carbocycles. The monoisotopic (exact) mass is 213 g/mol. The van der Waals surface area contributed by atoms with E-state index in [0.29, 0.717) is 12.1 Å². The molecule has 3 nitrogen and oxygen atoms in total. The van der Waals surface area contributed by atoms with Gasteiger partial charge in [0.2, 0.25) is 0 Å². The lowest BCUT2D eigenvalue weighted by molar-refractivity contribution is 0.187.